The van der Waals surface area contributed by atoms with Gasteiger partial charge in [0.1, 0.15) is 6.04 Å². The third-order valence-corrected chi connectivity index (χ3v) is 6.57. The molecule has 1 atom stereocenters. The fourth-order valence-corrected chi connectivity index (χ4v) is 4.97. The molecule has 1 aliphatic heterocycles. The summed E-state index contributed by atoms with van der Waals surface area (Å²) in [6.07, 6.45) is 4.96. The quantitative estimate of drug-likeness (QED) is 0.764. The van der Waals surface area contributed by atoms with E-state index in [1.54, 1.807) is 0 Å². The van der Waals surface area contributed by atoms with Crippen LogP contribution in [-0.2, 0) is 15.0 Å². The van der Waals surface area contributed by atoms with Gasteiger partial charge in [-0.05, 0) is 38.0 Å². The second-order valence-electron chi connectivity index (χ2n) is 6.89. The van der Waals surface area contributed by atoms with Gasteiger partial charge in [0.15, 0.2) is 0 Å². The number of carboxylic acids is 1. The van der Waals surface area contributed by atoms with Crippen molar-refractivity contribution in [2.75, 3.05) is 13.1 Å². The lowest BCUT2D eigenvalue weighted by molar-refractivity contribution is -0.141. The van der Waals surface area contributed by atoms with Crippen molar-refractivity contribution < 1.29 is 27.1 Å². The smallest absolute Gasteiger partial charge is 0.322 e. The zero-order valence-electron chi connectivity index (χ0n) is 13.2. The Bertz CT molecular complexity index is 531. The minimum Gasteiger partial charge on any atom is -0.480 e. The van der Waals surface area contributed by atoms with E-state index in [0.717, 1.165) is 38.5 Å². The number of rotatable bonds is 6. The summed E-state index contributed by atoms with van der Waals surface area (Å²) >= 11 is 0. The average Bonchev–Trinajstić information content (AvgIpc) is 2.85. The molecule has 1 aliphatic carbocycles. The predicted molar refractivity (Wildman–Crippen MR) is 80.4 cm³/mol. The van der Waals surface area contributed by atoms with Gasteiger partial charge in [0, 0.05) is 19.5 Å². The first kappa shape index (κ1) is 18.5. The van der Waals surface area contributed by atoms with Gasteiger partial charge in [-0.15, -0.1) is 0 Å². The molecule has 6 nitrogen and oxygen atoms in total. The van der Waals surface area contributed by atoms with E-state index in [1.165, 1.54) is 4.31 Å². The van der Waals surface area contributed by atoms with Crippen LogP contribution in [0.1, 0.15) is 51.9 Å². The Hall–Kier alpha value is -0.800. The fourth-order valence-electron chi connectivity index (χ4n) is 3.62. The summed E-state index contributed by atoms with van der Waals surface area (Å²) in [4.78, 5) is 11.1. The molecule has 9 heteroatoms. The molecule has 0 amide bonds. The van der Waals surface area contributed by atoms with Gasteiger partial charge in [-0.25, -0.2) is 8.78 Å². The number of carboxylic acid groups (broad SMARTS) is 1. The maximum Gasteiger partial charge on any atom is 0.322 e. The molecule has 1 spiro atoms. The zero-order chi connectivity index (χ0) is 17.3. The summed E-state index contributed by atoms with van der Waals surface area (Å²) in [6.45, 7) is 1.19. The molecule has 0 unspecified atom stereocenters. The van der Waals surface area contributed by atoms with Crippen molar-refractivity contribution in [3.8, 4) is 0 Å². The molecule has 2 N–H and O–H groups in total. The second-order valence-corrected chi connectivity index (χ2v) is 8.60. The monoisotopic (exact) mass is 354 g/mol. The SMILES string of the molecule is CC(F)(F)C[C@H](NS(=O)(=O)N1CCC2(CCCC2)CC1)C(=O)O. The number of hydrogen-bond donors (Lipinski definition) is 2. The summed E-state index contributed by atoms with van der Waals surface area (Å²) in [6, 6.07) is -1.83. The van der Waals surface area contributed by atoms with Gasteiger partial charge in [-0.2, -0.15) is 17.4 Å². The molecular formula is C14H24F2N2O4S. The molecule has 1 saturated carbocycles. The predicted octanol–water partition coefficient (Wildman–Crippen LogP) is 1.98. The first-order valence-electron chi connectivity index (χ1n) is 7.91. The van der Waals surface area contributed by atoms with E-state index in [2.05, 4.69) is 0 Å². The van der Waals surface area contributed by atoms with Crippen LogP contribution in [0.4, 0.5) is 8.78 Å². The summed E-state index contributed by atoms with van der Waals surface area (Å²) < 4.78 is 53.8. The number of nitrogens with zero attached hydrogens (tertiary/aromatic N) is 1. The number of halogens is 2. The maximum absolute atomic E-state index is 13.0. The first-order valence-corrected chi connectivity index (χ1v) is 9.35. The van der Waals surface area contributed by atoms with E-state index in [-0.39, 0.29) is 5.41 Å². The molecule has 134 valence electrons. The van der Waals surface area contributed by atoms with Crippen LogP contribution in [0.5, 0.6) is 0 Å². The van der Waals surface area contributed by atoms with E-state index in [4.69, 9.17) is 5.11 Å². The van der Waals surface area contributed by atoms with Crippen molar-refractivity contribution >= 4 is 16.2 Å². The molecule has 2 aliphatic rings. The number of hydrogen-bond acceptors (Lipinski definition) is 3. The van der Waals surface area contributed by atoms with E-state index in [1.807, 2.05) is 4.72 Å². The lowest BCUT2D eigenvalue weighted by atomic mass is 9.78. The molecule has 2 rings (SSSR count). The van der Waals surface area contributed by atoms with Gasteiger partial charge in [0.2, 0.25) is 5.92 Å². The summed E-state index contributed by atoms with van der Waals surface area (Å²) in [5.41, 5.74) is 0.217. The van der Waals surface area contributed by atoms with Crippen LogP contribution in [0.25, 0.3) is 0 Å². The Balaban J connectivity index is 1.99. The third kappa shape index (κ3) is 4.84. The van der Waals surface area contributed by atoms with Gasteiger partial charge in [0.25, 0.3) is 10.2 Å². The van der Waals surface area contributed by atoms with E-state index < -0.39 is 34.6 Å². The van der Waals surface area contributed by atoms with Crippen LogP contribution in [0.2, 0.25) is 0 Å². The lowest BCUT2D eigenvalue weighted by Gasteiger charge is -2.39. The molecule has 0 radical (unpaired) electrons. The first-order chi connectivity index (χ1) is 10.5. The molecule has 0 aromatic rings. The standard InChI is InChI=1S/C14H24F2N2O4S/c1-13(15,16)10-11(12(19)20)17-23(21,22)18-8-6-14(7-9-18)4-2-3-5-14/h11,17H,2-10H2,1H3,(H,19,20)/t11-/m0/s1. The highest BCUT2D eigenvalue weighted by Gasteiger charge is 2.41. The molecule has 2 fully saturated rings. The minimum absolute atomic E-state index is 0.217. The lowest BCUT2D eigenvalue weighted by Crippen LogP contribution is -2.52. The molecule has 0 bridgehead atoms. The second kappa shape index (κ2) is 6.60. The molecule has 1 heterocycles. The minimum atomic E-state index is -4.08. The highest BCUT2D eigenvalue weighted by molar-refractivity contribution is 7.87. The molecular weight excluding hydrogens is 330 g/mol. The summed E-state index contributed by atoms with van der Waals surface area (Å²) in [7, 11) is -4.08. The van der Waals surface area contributed by atoms with Gasteiger partial charge in [-0.1, -0.05) is 12.8 Å². The molecule has 23 heavy (non-hydrogen) atoms. The highest BCUT2D eigenvalue weighted by Crippen LogP contribution is 2.46. The van der Waals surface area contributed by atoms with Gasteiger partial charge in [-0.3, -0.25) is 4.79 Å². The summed E-state index contributed by atoms with van der Waals surface area (Å²) in [5.74, 6) is -4.86. The van der Waals surface area contributed by atoms with Crippen molar-refractivity contribution in [2.45, 2.75) is 63.8 Å². The van der Waals surface area contributed by atoms with Gasteiger partial charge in [0.05, 0.1) is 0 Å². The van der Waals surface area contributed by atoms with Crippen LogP contribution in [-0.4, -0.2) is 48.9 Å². The van der Waals surface area contributed by atoms with E-state index in [0.29, 0.717) is 20.0 Å². The van der Waals surface area contributed by atoms with Gasteiger partial charge >= 0.3 is 5.97 Å². The number of carbonyl (C=O) groups is 1. The van der Waals surface area contributed by atoms with E-state index in [9.17, 15) is 22.0 Å². The van der Waals surface area contributed by atoms with Crippen molar-refractivity contribution in [3.63, 3.8) is 0 Å². The summed E-state index contributed by atoms with van der Waals surface area (Å²) in [5, 5.41) is 8.99. The zero-order valence-corrected chi connectivity index (χ0v) is 14.0. The van der Waals surface area contributed by atoms with Crippen LogP contribution >= 0.6 is 0 Å². The van der Waals surface area contributed by atoms with Crippen molar-refractivity contribution in [3.05, 3.63) is 0 Å². The van der Waals surface area contributed by atoms with Gasteiger partial charge < -0.3 is 5.11 Å². The maximum atomic E-state index is 13.0. The Morgan fingerprint density at radius 2 is 1.78 bits per heavy atom. The normalized spacial score (nSPS) is 24.0. The van der Waals surface area contributed by atoms with Crippen molar-refractivity contribution in [2.24, 2.45) is 5.41 Å². The Kier molecular flexibility index (Phi) is 5.32. The van der Waals surface area contributed by atoms with E-state index >= 15 is 0 Å². The Morgan fingerprint density at radius 1 is 1.26 bits per heavy atom. The number of aliphatic carboxylic acids is 1. The van der Waals surface area contributed by atoms with Crippen molar-refractivity contribution in [1.82, 2.24) is 9.03 Å². The number of alkyl halides is 2. The van der Waals surface area contributed by atoms with Crippen LogP contribution in [0, 0.1) is 5.41 Å². The van der Waals surface area contributed by atoms with Crippen LogP contribution < -0.4 is 4.72 Å². The molecule has 0 aromatic carbocycles. The topological polar surface area (TPSA) is 86.7 Å². The van der Waals surface area contributed by atoms with Crippen LogP contribution in [0.3, 0.4) is 0 Å². The largest absolute Gasteiger partial charge is 0.480 e. The number of piperidine rings is 1. The molecule has 0 aromatic heterocycles. The number of nitrogens with one attached hydrogen (secondary N) is 1. The Labute approximate surface area is 135 Å². The Morgan fingerprint density at radius 3 is 2.22 bits per heavy atom. The average molecular weight is 354 g/mol. The fraction of sp³-hybridized carbons (Fsp3) is 0.929. The van der Waals surface area contributed by atoms with Crippen LogP contribution in [0.15, 0.2) is 0 Å². The molecule has 1 saturated heterocycles. The van der Waals surface area contributed by atoms with Crippen molar-refractivity contribution in [1.29, 1.82) is 0 Å². The third-order valence-electron chi connectivity index (χ3n) is 4.94. The highest BCUT2D eigenvalue weighted by atomic mass is 32.2.